The van der Waals surface area contributed by atoms with Gasteiger partial charge in [0.1, 0.15) is 6.17 Å². The molecule has 0 saturated carbocycles. The molecule has 0 aromatic carbocycles. The molecule has 0 radical (unpaired) electrons. The molecule has 0 bridgehead atoms. The lowest BCUT2D eigenvalue weighted by Crippen LogP contribution is -2.62. The fraction of sp³-hybridized carbons (Fsp3) is 1.00. The molecule has 1 heterocycles. The largest absolute Gasteiger partial charge is 0.310 e. The van der Waals surface area contributed by atoms with E-state index in [1.165, 1.54) is 0 Å². The number of rotatable bonds is 1. The molecule has 1 aliphatic rings. The molecule has 1 N–H and O–H groups in total. The lowest BCUT2D eigenvalue weighted by Gasteiger charge is -2.46. The van der Waals surface area contributed by atoms with Crippen LogP contribution < -0.4 is 5.32 Å². The minimum atomic E-state index is -0.714. The van der Waals surface area contributed by atoms with Gasteiger partial charge in [0.05, 0.1) is 0 Å². The molecule has 1 aliphatic heterocycles. The average molecular weight is 161 g/mol. The van der Waals surface area contributed by atoms with Crippen LogP contribution in [0.15, 0.2) is 0 Å². The van der Waals surface area contributed by atoms with Crippen LogP contribution in [0, 0.1) is 5.41 Å². The van der Waals surface area contributed by atoms with Gasteiger partial charge in [-0.1, -0.05) is 27.7 Å². The van der Waals surface area contributed by atoms with Crippen LogP contribution in [0.2, 0.25) is 0 Å². The summed E-state index contributed by atoms with van der Waals surface area (Å²) in [6.45, 7) is 10.7. The van der Waals surface area contributed by atoms with Crippen LogP contribution in [0.3, 0.4) is 0 Å². The molecule has 1 nitrogen and oxygen atoms in total. The van der Waals surface area contributed by atoms with Crippen LogP contribution in [-0.4, -0.2) is 18.8 Å². The minimum Gasteiger partial charge on any atom is -0.310 e. The van der Waals surface area contributed by atoms with Crippen molar-refractivity contribution < 1.29 is 4.39 Å². The summed E-state index contributed by atoms with van der Waals surface area (Å²) in [6, 6.07) is 0.0810. The van der Waals surface area contributed by atoms with Crippen molar-refractivity contribution in [2.24, 2.45) is 5.41 Å². The van der Waals surface area contributed by atoms with Crippen molar-refractivity contribution in [1.82, 2.24) is 5.32 Å². The normalized spacial score (nSPS) is 29.5. The first-order valence-corrected chi connectivity index (χ1v) is 4.41. The van der Waals surface area contributed by atoms with Crippen molar-refractivity contribution in [3.8, 4) is 0 Å². The van der Waals surface area contributed by atoms with Crippen LogP contribution in [0.1, 0.15) is 34.6 Å². The number of nitrogens with one attached hydrogen (secondary N) is 1. The number of alkyl halides is 1. The Morgan fingerprint density at radius 3 is 1.91 bits per heavy atom. The van der Waals surface area contributed by atoms with Crippen LogP contribution in [0.4, 0.5) is 4.39 Å². The Bertz CT molecular complexity index is 110. The molecule has 1 fully saturated rings. The van der Waals surface area contributed by atoms with Gasteiger partial charge < -0.3 is 5.32 Å². The van der Waals surface area contributed by atoms with Gasteiger partial charge in [0.15, 0.2) is 0 Å². The Labute approximate surface area is 69.4 Å². The Morgan fingerprint density at radius 2 is 1.91 bits per heavy atom. The van der Waals surface area contributed by atoms with E-state index in [4.69, 9.17) is 0 Å². The molecule has 2 atom stereocenters. The number of halogens is 1. The predicted molar refractivity (Wildman–Crippen MR) is 47.5 cm³/mol. The molecule has 0 aromatic rings. The molecule has 0 aromatic heterocycles. The topological polar surface area (TPSA) is 12.0 Å². The summed E-state index contributed by atoms with van der Waals surface area (Å²) in [7, 11) is 0. The van der Waals surface area contributed by atoms with Crippen LogP contribution in [0.25, 0.3) is 0 Å². The molecule has 68 valence electrons. The van der Waals surface area contributed by atoms with Gasteiger partial charge in [-0.25, -0.2) is 4.39 Å². The van der Waals surface area contributed by atoms with E-state index >= 15 is 0 Å². The van der Waals surface area contributed by atoms with Crippen LogP contribution in [0.5, 0.6) is 0 Å². The highest BCUT2D eigenvalue weighted by Gasteiger charge is 2.41. The summed E-state index contributed by atoms with van der Waals surface area (Å²) >= 11 is 0. The van der Waals surface area contributed by atoms with Gasteiger partial charge in [-0.15, -0.1) is 0 Å². The SMILES string of the molecule is CC.CC(F)C1NCC1(C)C. The predicted octanol–water partition coefficient (Wildman–Crippen LogP) is 2.37. The maximum absolute atomic E-state index is 12.6. The van der Waals surface area contributed by atoms with E-state index in [0.29, 0.717) is 0 Å². The van der Waals surface area contributed by atoms with E-state index in [1.54, 1.807) is 6.92 Å². The second-order valence-electron chi connectivity index (χ2n) is 3.52. The van der Waals surface area contributed by atoms with Crippen molar-refractivity contribution in [1.29, 1.82) is 0 Å². The van der Waals surface area contributed by atoms with E-state index in [9.17, 15) is 4.39 Å². The lowest BCUT2D eigenvalue weighted by atomic mass is 9.75. The van der Waals surface area contributed by atoms with E-state index in [0.717, 1.165) is 6.54 Å². The molecule has 1 saturated heterocycles. The second-order valence-corrected chi connectivity index (χ2v) is 3.52. The molecule has 0 spiro atoms. The Morgan fingerprint density at radius 1 is 1.45 bits per heavy atom. The number of hydrogen-bond acceptors (Lipinski definition) is 1. The van der Waals surface area contributed by atoms with Gasteiger partial charge in [0.2, 0.25) is 0 Å². The zero-order valence-corrected chi connectivity index (χ0v) is 8.24. The Hall–Kier alpha value is -0.110. The summed E-state index contributed by atoms with van der Waals surface area (Å²) < 4.78 is 12.6. The van der Waals surface area contributed by atoms with Crippen molar-refractivity contribution in [3.05, 3.63) is 0 Å². The van der Waals surface area contributed by atoms with Gasteiger partial charge in [0.25, 0.3) is 0 Å². The summed E-state index contributed by atoms with van der Waals surface area (Å²) in [6.07, 6.45) is -0.714. The third-order valence-corrected chi connectivity index (χ3v) is 2.08. The zero-order chi connectivity index (χ0) is 9.07. The monoisotopic (exact) mass is 161 g/mol. The Balaban J connectivity index is 0.000000461. The molecular formula is C9H20FN. The van der Waals surface area contributed by atoms with E-state index in [2.05, 4.69) is 19.2 Å². The molecule has 0 aliphatic carbocycles. The van der Waals surface area contributed by atoms with E-state index < -0.39 is 6.17 Å². The highest BCUT2D eigenvalue weighted by molar-refractivity contribution is 4.98. The third-order valence-electron chi connectivity index (χ3n) is 2.08. The maximum Gasteiger partial charge on any atom is 0.113 e. The van der Waals surface area contributed by atoms with Gasteiger partial charge in [0, 0.05) is 12.6 Å². The molecule has 2 heteroatoms. The summed E-state index contributed by atoms with van der Waals surface area (Å²) in [4.78, 5) is 0. The van der Waals surface area contributed by atoms with Gasteiger partial charge in [-0.3, -0.25) is 0 Å². The first kappa shape index (κ1) is 10.9. The second kappa shape index (κ2) is 4.05. The molecule has 1 rings (SSSR count). The molecule has 11 heavy (non-hydrogen) atoms. The van der Waals surface area contributed by atoms with Crippen molar-refractivity contribution in [2.45, 2.75) is 46.8 Å². The minimum absolute atomic E-state index is 0.0810. The van der Waals surface area contributed by atoms with Crippen molar-refractivity contribution in [2.75, 3.05) is 6.54 Å². The first-order valence-electron chi connectivity index (χ1n) is 4.41. The highest BCUT2D eigenvalue weighted by atomic mass is 19.1. The van der Waals surface area contributed by atoms with Gasteiger partial charge >= 0.3 is 0 Å². The summed E-state index contributed by atoms with van der Waals surface area (Å²) in [5.41, 5.74) is 0.175. The van der Waals surface area contributed by atoms with Crippen LogP contribution >= 0.6 is 0 Å². The van der Waals surface area contributed by atoms with Gasteiger partial charge in [-0.05, 0) is 12.3 Å². The fourth-order valence-electron chi connectivity index (χ4n) is 1.41. The summed E-state index contributed by atoms with van der Waals surface area (Å²) in [5, 5.41) is 3.06. The van der Waals surface area contributed by atoms with Crippen molar-refractivity contribution >= 4 is 0 Å². The first-order chi connectivity index (χ1) is 5.04. The maximum atomic E-state index is 12.6. The Kier molecular flexibility index (Phi) is 4.01. The molecule has 2 unspecified atom stereocenters. The highest BCUT2D eigenvalue weighted by Crippen LogP contribution is 2.30. The van der Waals surface area contributed by atoms with Gasteiger partial charge in [-0.2, -0.15) is 0 Å². The lowest BCUT2D eigenvalue weighted by molar-refractivity contribution is 0.0612. The quantitative estimate of drug-likeness (QED) is 0.622. The zero-order valence-electron chi connectivity index (χ0n) is 8.24. The third kappa shape index (κ3) is 2.44. The molecular weight excluding hydrogens is 141 g/mol. The smallest absolute Gasteiger partial charge is 0.113 e. The fourth-order valence-corrected chi connectivity index (χ4v) is 1.41. The van der Waals surface area contributed by atoms with E-state index in [1.807, 2.05) is 13.8 Å². The number of hydrogen-bond donors (Lipinski definition) is 1. The standard InChI is InChI=1S/C7H14FN.C2H6/c1-5(8)6-7(2,3)4-9-6;1-2/h5-6,9H,4H2,1-3H3;1-2H3. The average Bonchev–Trinajstić information content (AvgIpc) is 1.89. The summed E-state index contributed by atoms with van der Waals surface area (Å²) in [5.74, 6) is 0. The molecule has 0 amide bonds. The van der Waals surface area contributed by atoms with Crippen molar-refractivity contribution in [3.63, 3.8) is 0 Å². The van der Waals surface area contributed by atoms with Crippen LogP contribution in [-0.2, 0) is 0 Å². The van der Waals surface area contributed by atoms with E-state index in [-0.39, 0.29) is 11.5 Å².